The van der Waals surface area contributed by atoms with Crippen LogP contribution in [0.5, 0.6) is 0 Å². The monoisotopic (exact) mass is 423 g/mol. The minimum absolute atomic E-state index is 0.348. The summed E-state index contributed by atoms with van der Waals surface area (Å²) in [6, 6.07) is 8.26. The molecule has 1 aliphatic rings. The number of hydrogen-bond donors (Lipinski definition) is 1. The molecule has 0 aliphatic carbocycles. The average molecular weight is 424 g/mol. The van der Waals surface area contributed by atoms with E-state index in [1.807, 2.05) is 13.0 Å². The van der Waals surface area contributed by atoms with E-state index in [2.05, 4.69) is 5.32 Å². The number of halogens is 2. The van der Waals surface area contributed by atoms with Crippen LogP contribution in [0.25, 0.3) is 0 Å². The molecule has 2 heterocycles. The van der Waals surface area contributed by atoms with Gasteiger partial charge in [-0.2, -0.15) is 0 Å². The molecule has 0 radical (unpaired) electrons. The van der Waals surface area contributed by atoms with Crippen LogP contribution < -0.4 is 5.32 Å². The van der Waals surface area contributed by atoms with Gasteiger partial charge in [0, 0.05) is 11.4 Å². The van der Waals surface area contributed by atoms with Gasteiger partial charge in [0.25, 0.3) is 5.91 Å². The number of rotatable bonds is 6. The van der Waals surface area contributed by atoms with Crippen molar-refractivity contribution in [2.24, 2.45) is 0 Å². The fraction of sp³-hybridized carbons (Fsp3) is 0.316. The lowest BCUT2D eigenvalue weighted by molar-refractivity contribution is -0.139. The van der Waals surface area contributed by atoms with Crippen LogP contribution in [0.4, 0.5) is 9.18 Å². The van der Waals surface area contributed by atoms with Crippen molar-refractivity contribution in [3.63, 3.8) is 0 Å². The molecule has 1 N–H and O–H groups in total. The van der Waals surface area contributed by atoms with Crippen molar-refractivity contribution in [3.8, 4) is 0 Å². The second-order valence-electron chi connectivity index (χ2n) is 6.57. The van der Waals surface area contributed by atoms with E-state index >= 15 is 0 Å². The number of benzene rings is 1. The molecule has 2 aromatic rings. The highest BCUT2D eigenvalue weighted by molar-refractivity contribution is 7.16. The molecule has 6 nitrogen and oxygen atoms in total. The minimum Gasteiger partial charge on any atom is -0.336 e. The van der Waals surface area contributed by atoms with E-state index in [0.717, 1.165) is 9.78 Å². The zero-order valence-electron chi connectivity index (χ0n) is 15.4. The predicted octanol–water partition coefficient (Wildman–Crippen LogP) is 3.36. The van der Waals surface area contributed by atoms with E-state index in [9.17, 15) is 18.8 Å². The Bertz CT molecular complexity index is 917. The highest BCUT2D eigenvalue weighted by Crippen LogP contribution is 2.29. The summed E-state index contributed by atoms with van der Waals surface area (Å²) in [5.74, 6) is -1.34. The van der Waals surface area contributed by atoms with Crippen molar-refractivity contribution in [2.45, 2.75) is 25.9 Å². The summed E-state index contributed by atoms with van der Waals surface area (Å²) in [7, 11) is 0. The molecule has 1 fully saturated rings. The quantitative estimate of drug-likeness (QED) is 0.724. The van der Waals surface area contributed by atoms with Crippen LogP contribution in [-0.2, 0) is 21.7 Å². The van der Waals surface area contributed by atoms with Gasteiger partial charge in [-0.3, -0.25) is 14.5 Å². The van der Waals surface area contributed by atoms with Gasteiger partial charge in [0.05, 0.1) is 10.9 Å². The SMILES string of the molecule is CCN(Cc1ccc(Cl)s1)C(=O)CN1C(=O)NC(C)(c2ccc(F)cc2)C1=O. The lowest BCUT2D eigenvalue weighted by Crippen LogP contribution is -2.44. The molecule has 1 unspecified atom stereocenters. The van der Waals surface area contributed by atoms with Gasteiger partial charge >= 0.3 is 6.03 Å². The lowest BCUT2D eigenvalue weighted by Gasteiger charge is -2.24. The minimum atomic E-state index is -1.34. The highest BCUT2D eigenvalue weighted by atomic mass is 35.5. The largest absolute Gasteiger partial charge is 0.336 e. The first-order valence-electron chi connectivity index (χ1n) is 8.66. The van der Waals surface area contributed by atoms with Crippen molar-refractivity contribution >= 4 is 40.8 Å². The second kappa shape index (κ2) is 7.89. The fourth-order valence-electron chi connectivity index (χ4n) is 3.06. The van der Waals surface area contributed by atoms with Crippen molar-refractivity contribution in [1.82, 2.24) is 15.1 Å². The normalized spacial score (nSPS) is 19.1. The molecule has 9 heteroatoms. The molecule has 1 atom stereocenters. The number of urea groups is 1. The molecule has 3 rings (SSSR count). The summed E-state index contributed by atoms with van der Waals surface area (Å²) in [4.78, 5) is 41.3. The number of amides is 4. The van der Waals surface area contributed by atoms with Gasteiger partial charge in [-0.05, 0) is 43.7 Å². The number of carbonyl (C=O) groups is 3. The Balaban J connectivity index is 1.74. The van der Waals surface area contributed by atoms with Crippen LogP contribution in [0, 0.1) is 5.82 Å². The molecular formula is C19H19ClFN3O3S. The average Bonchev–Trinajstić information content (AvgIpc) is 3.16. The summed E-state index contributed by atoms with van der Waals surface area (Å²) in [6.07, 6.45) is 0. The molecule has 0 spiro atoms. The Hall–Kier alpha value is -2.45. The third-order valence-corrected chi connectivity index (χ3v) is 5.92. The van der Waals surface area contributed by atoms with Crippen molar-refractivity contribution in [3.05, 3.63) is 57.0 Å². The van der Waals surface area contributed by atoms with Gasteiger partial charge in [-0.1, -0.05) is 23.7 Å². The number of thiophene rings is 1. The highest BCUT2D eigenvalue weighted by Gasteiger charge is 2.49. The van der Waals surface area contributed by atoms with E-state index in [-0.39, 0.29) is 12.5 Å². The van der Waals surface area contributed by atoms with E-state index in [4.69, 9.17) is 11.6 Å². The molecule has 1 aromatic carbocycles. The molecule has 0 bridgehead atoms. The Morgan fingerprint density at radius 2 is 1.93 bits per heavy atom. The smallest absolute Gasteiger partial charge is 0.325 e. The van der Waals surface area contributed by atoms with Crippen LogP contribution in [-0.4, -0.2) is 40.7 Å². The first-order chi connectivity index (χ1) is 13.2. The number of nitrogens with one attached hydrogen (secondary N) is 1. The number of nitrogens with zero attached hydrogens (tertiary/aromatic N) is 2. The van der Waals surface area contributed by atoms with E-state index in [1.165, 1.54) is 42.5 Å². The van der Waals surface area contributed by atoms with E-state index in [0.29, 0.717) is 23.0 Å². The van der Waals surface area contributed by atoms with Crippen LogP contribution in [0.15, 0.2) is 36.4 Å². The Labute approximate surface area is 170 Å². The zero-order chi connectivity index (χ0) is 20.5. The van der Waals surface area contributed by atoms with Gasteiger partial charge in [0.2, 0.25) is 5.91 Å². The van der Waals surface area contributed by atoms with Gasteiger partial charge < -0.3 is 10.2 Å². The number of imide groups is 1. The van der Waals surface area contributed by atoms with Gasteiger partial charge in [0.15, 0.2) is 0 Å². The summed E-state index contributed by atoms with van der Waals surface area (Å²) < 4.78 is 13.8. The maximum atomic E-state index is 13.2. The molecule has 148 valence electrons. The third-order valence-electron chi connectivity index (χ3n) is 4.70. The van der Waals surface area contributed by atoms with Crippen LogP contribution in [0.3, 0.4) is 0 Å². The first-order valence-corrected chi connectivity index (χ1v) is 9.86. The molecule has 1 aliphatic heterocycles. The topological polar surface area (TPSA) is 69.7 Å². The van der Waals surface area contributed by atoms with Crippen LogP contribution in [0.1, 0.15) is 24.3 Å². The molecule has 1 saturated heterocycles. The van der Waals surface area contributed by atoms with Crippen molar-refractivity contribution in [1.29, 1.82) is 0 Å². The number of carbonyl (C=O) groups excluding carboxylic acids is 3. The number of hydrogen-bond acceptors (Lipinski definition) is 4. The summed E-state index contributed by atoms with van der Waals surface area (Å²) in [6.45, 7) is 3.77. The van der Waals surface area contributed by atoms with E-state index < -0.39 is 23.3 Å². The maximum absolute atomic E-state index is 13.2. The maximum Gasteiger partial charge on any atom is 0.325 e. The third kappa shape index (κ3) is 3.88. The molecule has 0 saturated carbocycles. The molecular weight excluding hydrogens is 405 g/mol. The summed E-state index contributed by atoms with van der Waals surface area (Å²) in [5.41, 5.74) is -0.897. The standard InChI is InChI=1S/C19H19ClFN3O3S/c1-3-23(10-14-8-9-15(20)28-14)16(25)11-24-17(26)19(2,22-18(24)27)12-4-6-13(21)7-5-12/h4-9H,3,10-11H2,1-2H3,(H,22,27). The number of likely N-dealkylation sites (N-methyl/N-ethyl adjacent to an activating group) is 1. The fourth-order valence-corrected chi connectivity index (χ4v) is 4.16. The second-order valence-corrected chi connectivity index (χ2v) is 8.37. The summed E-state index contributed by atoms with van der Waals surface area (Å²) >= 11 is 7.30. The van der Waals surface area contributed by atoms with Crippen molar-refractivity contribution in [2.75, 3.05) is 13.1 Å². The zero-order valence-corrected chi connectivity index (χ0v) is 16.9. The summed E-state index contributed by atoms with van der Waals surface area (Å²) in [5, 5.41) is 2.61. The predicted molar refractivity (Wildman–Crippen MR) is 104 cm³/mol. The molecule has 1 aromatic heterocycles. The molecule has 4 amide bonds. The Morgan fingerprint density at radius 3 is 2.50 bits per heavy atom. The van der Waals surface area contributed by atoms with Crippen LogP contribution >= 0.6 is 22.9 Å². The van der Waals surface area contributed by atoms with Gasteiger partial charge in [0.1, 0.15) is 17.9 Å². The van der Waals surface area contributed by atoms with Gasteiger partial charge in [-0.15, -0.1) is 11.3 Å². The van der Waals surface area contributed by atoms with E-state index in [1.54, 1.807) is 11.0 Å². The van der Waals surface area contributed by atoms with Gasteiger partial charge in [-0.25, -0.2) is 9.18 Å². The van der Waals surface area contributed by atoms with Crippen molar-refractivity contribution < 1.29 is 18.8 Å². The Morgan fingerprint density at radius 1 is 1.25 bits per heavy atom. The van der Waals surface area contributed by atoms with Crippen LogP contribution in [0.2, 0.25) is 4.34 Å². The Kier molecular flexibility index (Phi) is 5.71. The molecule has 28 heavy (non-hydrogen) atoms. The first kappa shape index (κ1) is 20.3. The lowest BCUT2D eigenvalue weighted by atomic mass is 9.92.